The third-order valence-corrected chi connectivity index (χ3v) is 4.64. The summed E-state index contributed by atoms with van der Waals surface area (Å²) in [6.07, 6.45) is 0. The number of hydrogen-bond donors (Lipinski definition) is 3. The van der Waals surface area contributed by atoms with Gasteiger partial charge in [0.15, 0.2) is 0 Å². The summed E-state index contributed by atoms with van der Waals surface area (Å²) in [6, 6.07) is 22.8. The lowest BCUT2D eigenvalue weighted by Gasteiger charge is -2.12. The van der Waals surface area contributed by atoms with Gasteiger partial charge in [0.2, 0.25) is 0 Å². The van der Waals surface area contributed by atoms with Crippen molar-refractivity contribution < 1.29 is 14.3 Å². The first-order valence-corrected chi connectivity index (χ1v) is 9.14. The van der Waals surface area contributed by atoms with Gasteiger partial charge in [-0.1, -0.05) is 30.3 Å². The van der Waals surface area contributed by atoms with Gasteiger partial charge in [0.05, 0.1) is 19.9 Å². The van der Waals surface area contributed by atoms with Crippen molar-refractivity contribution in [3.63, 3.8) is 0 Å². The second kappa shape index (κ2) is 7.98. The lowest BCUT2D eigenvalue weighted by molar-refractivity contribution is 0.262. The number of ether oxygens (including phenoxy) is 2. The molecule has 0 atom stereocenters. The van der Waals surface area contributed by atoms with E-state index in [0.29, 0.717) is 22.9 Å². The van der Waals surface area contributed by atoms with Crippen LogP contribution >= 0.6 is 0 Å². The van der Waals surface area contributed by atoms with Gasteiger partial charge in [-0.15, -0.1) is 0 Å². The average Bonchev–Trinajstić information content (AvgIpc) is 3.18. The molecule has 4 aromatic rings. The van der Waals surface area contributed by atoms with Crippen molar-refractivity contribution >= 4 is 28.3 Å². The highest BCUT2D eigenvalue weighted by Gasteiger charge is 2.10. The van der Waals surface area contributed by atoms with Crippen LogP contribution in [0.4, 0.5) is 16.2 Å². The zero-order valence-electron chi connectivity index (χ0n) is 16.2. The monoisotopic (exact) mass is 387 g/mol. The molecule has 3 aromatic carbocycles. The molecule has 0 unspecified atom stereocenters. The summed E-state index contributed by atoms with van der Waals surface area (Å²) in [5.41, 5.74) is 4.38. The van der Waals surface area contributed by atoms with Gasteiger partial charge in [-0.25, -0.2) is 4.79 Å². The molecule has 0 fully saturated rings. The molecule has 1 heterocycles. The summed E-state index contributed by atoms with van der Waals surface area (Å²) in [7, 11) is 3.12. The molecule has 6 nitrogen and oxygen atoms in total. The van der Waals surface area contributed by atoms with Crippen LogP contribution < -0.4 is 20.1 Å². The normalized spacial score (nSPS) is 10.6. The summed E-state index contributed by atoms with van der Waals surface area (Å²) in [6.45, 7) is 0. The van der Waals surface area contributed by atoms with Gasteiger partial charge in [-0.2, -0.15) is 0 Å². The Morgan fingerprint density at radius 2 is 1.66 bits per heavy atom. The first kappa shape index (κ1) is 18.4. The Labute approximate surface area is 168 Å². The molecule has 0 radical (unpaired) electrons. The highest BCUT2D eigenvalue weighted by Crippen LogP contribution is 2.29. The summed E-state index contributed by atoms with van der Waals surface area (Å²) < 4.78 is 10.5. The van der Waals surface area contributed by atoms with Gasteiger partial charge in [-0.3, -0.25) is 0 Å². The Morgan fingerprint density at radius 1 is 0.862 bits per heavy atom. The van der Waals surface area contributed by atoms with Crippen LogP contribution in [0, 0.1) is 0 Å². The highest BCUT2D eigenvalue weighted by molar-refractivity contribution is 6.01. The Bertz CT molecular complexity index is 1120. The standard InChI is InChI=1S/C23H21N3O3/c1-28-18-11-12-22(29-2)21(14-18)26-23(27)24-17-9-7-15(8-10-17)20-13-16-5-3-4-6-19(16)25-20/h3-14,25H,1-2H3,(H2,24,26,27). The van der Waals surface area contributed by atoms with Crippen molar-refractivity contribution in [2.75, 3.05) is 24.9 Å². The van der Waals surface area contributed by atoms with Gasteiger partial charge >= 0.3 is 6.03 Å². The Balaban J connectivity index is 1.47. The molecule has 6 heteroatoms. The molecule has 0 aliphatic carbocycles. The van der Waals surface area contributed by atoms with Crippen molar-refractivity contribution in [3.05, 3.63) is 72.8 Å². The molecule has 0 aliphatic heterocycles. The predicted molar refractivity (Wildman–Crippen MR) is 116 cm³/mol. The summed E-state index contributed by atoms with van der Waals surface area (Å²) in [5.74, 6) is 1.18. The summed E-state index contributed by atoms with van der Waals surface area (Å²) in [5, 5.41) is 6.78. The van der Waals surface area contributed by atoms with E-state index in [4.69, 9.17) is 9.47 Å². The van der Waals surface area contributed by atoms with Crippen LogP contribution in [0.1, 0.15) is 0 Å². The van der Waals surface area contributed by atoms with Crippen molar-refractivity contribution in [3.8, 4) is 22.8 Å². The van der Waals surface area contributed by atoms with Crippen molar-refractivity contribution in [2.24, 2.45) is 0 Å². The fraction of sp³-hybridized carbons (Fsp3) is 0.0870. The van der Waals surface area contributed by atoms with Gasteiger partial charge < -0.3 is 25.1 Å². The van der Waals surface area contributed by atoms with E-state index in [-0.39, 0.29) is 6.03 Å². The maximum Gasteiger partial charge on any atom is 0.323 e. The molecule has 1 aromatic heterocycles. The smallest absolute Gasteiger partial charge is 0.323 e. The number of methoxy groups -OCH3 is 2. The van der Waals surface area contributed by atoms with Gasteiger partial charge in [0.1, 0.15) is 11.5 Å². The SMILES string of the molecule is COc1ccc(OC)c(NC(=O)Nc2ccc(-c3cc4ccccc4[nH]3)cc2)c1. The molecule has 0 spiro atoms. The van der Waals surface area contributed by atoms with E-state index in [0.717, 1.165) is 22.2 Å². The van der Waals surface area contributed by atoms with E-state index in [1.807, 2.05) is 42.5 Å². The van der Waals surface area contributed by atoms with Gasteiger partial charge in [0, 0.05) is 28.4 Å². The van der Waals surface area contributed by atoms with Crippen LogP contribution in [-0.2, 0) is 0 Å². The highest BCUT2D eigenvalue weighted by atomic mass is 16.5. The molecule has 0 saturated carbocycles. The zero-order chi connectivity index (χ0) is 20.2. The number of nitrogens with one attached hydrogen (secondary N) is 3. The Kier molecular flexibility index (Phi) is 5.07. The number of para-hydroxylation sites is 1. The largest absolute Gasteiger partial charge is 0.497 e. The second-order valence-corrected chi connectivity index (χ2v) is 6.49. The van der Waals surface area contributed by atoms with E-state index in [2.05, 4.69) is 27.8 Å². The number of fused-ring (bicyclic) bond motifs is 1. The number of anilines is 2. The van der Waals surface area contributed by atoms with Crippen LogP contribution in [0.15, 0.2) is 72.8 Å². The molecule has 2 amide bonds. The van der Waals surface area contributed by atoms with E-state index in [1.165, 1.54) is 0 Å². The maximum atomic E-state index is 12.4. The lowest BCUT2D eigenvalue weighted by atomic mass is 10.1. The van der Waals surface area contributed by atoms with Crippen molar-refractivity contribution in [1.29, 1.82) is 0 Å². The minimum Gasteiger partial charge on any atom is -0.497 e. The predicted octanol–water partition coefficient (Wildman–Crippen LogP) is 5.50. The Morgan fingerprint density at radius 3 is 2.38 bits per heavy atom. The van der Waals surface area contributed by atoms with Gasteiger partial charge in [0.25, 0.3) is 0 Å². The quantitative estimate of drug-likeness (QED) is 0.423. The van der Waals surface area contributed by atoms with Crippen LogP contribution in [0.2, 0.25) is 0 Å². The molecular weight excluding hydrogens is 366 g/mol. The minimum absolute atomic E-state index is 0.366. The summed E-state index contributed by atoms with van der Waals surface area (Å²) in [4.78, 5) is 15.8. The first-order valence-electron chi connectivity index (χ1n) is 9.14. The fourth-order valence-corrected chi connectivity index (χ4v) is 3.16. The van der Waals surface area contributed by atoms with Crippen LogP contribution in [0.25, 0.3) is 22.2 Å². The van der Waals surface area contributed by atoms with E-state index in [1.54, 1.807) is 32.4 Å². The minimum atomic E-state index is -0.366. The molecule has 4 rings (SSSR count). The van der Waals surface area contributed by atoms with Crippen molar-refractivity contribution in [2.45, 2.75) is 0 Å². The number of carbonyl (C=O) groups excluding carboxylic acids is 1. The second-order valence-electron chi connectivity index (χ2n) is 6.49. The molecule has 0 aliphatic rings. The Hall–Kier alpha value is -3.93. The number of aromatic nitrogens is 1. The molecule has 29 heavy (non-hydrogen) atoms. The maximum absolute atomic E-state index is 12.4. The number of carbonyl (C=O) groups is 1. The zero-order valence-corrected chi connectivity index (χ0v) is 16.2. The number of H-pyrrole nitrogens is 1. The van der Waals surface area contributed by atoms with E-state index in [9.17, 15) is 4.79 Å². The van der Waals surface area contributed by atoms with Crippen LogP contribution in [-0.4, -0.2) is 25.2 Å². The van der Waals surface area contributed by atoms with Crippen LogP contribution in [0.5, 0.6) is 11.5 Å². The fourth-order valence-electron chi connectivity index (χ4n) is 3.16. The molecular formula is C23H21N3O3. The number of urea groups is 1. The number of amides is 2. The average molecular weight is 387 g/mol. The number of rotatable bonds is 5. The number of hydrogen-bond acceptors (Lipinski definition) is 3. The third-order valence-electron chi connectivity index (χ3n) is 4.64. The molecule has 0 bridgehead atoms. The van der Waals surface area contributed by atoms with E-state index < -0.39 is 0 Å². The summed E-state index contributed by atoms with van der Waals surface area (Å²) >= 11 is 0. The molecule has 0 saturated heterocycles. The van der Waals surface area contributed by atoms with Crippen LogP contribution in [0.3, 0.4) is 0 Å². The molecule has 3 N–H and O–H groups in total. The third kappa shape index (κ3) is 4.01. The van der Waals surface area contributed by atoms with E-state index >= 15 is 0 Å². The topological polar surface area (TPSA) is 75.4 Å². The molecule has 146 valence electrons. The number of benzene rings is 3. The number of aromatic amines is 1. The van der Waals surface area contributed by atoms with Gasteiger partial charge in [-0.05, 0) is 42.0 Å². The lowest BCUT2D eigenvalue weighted by Crippen LogP contribution is -2.19. The van der Waals surface area contributed by atoms with Crippen molar-refractivity contribution in [1.82, 2.24) is 4.98 Å². The first-order chi connectivity index (χ1) is 14.2.